The average molecular weight is 365 g/mol. The van der Waals surface area contributed by atoms with Gasteiger partial charge in [0, 0.05) is 24.0 Å². The monoisotopic (exact) mass is 364 g/mol. The second-order valence-corrected chi connectivity index (χ2v) is 7.51. The molecule has 0 spiro atoms. The zero-order valence-corrected chi connectivity index (χ0v) is 15.3. The molecule has 0 amide bonds. The van der Waals surface area contributed by atoms with E-state index in [1.807, 2.05) is 25.1 Å². The van der Waals surface area contributed by atoms with Gasteiger partial charge < -0.3 is 10.3 Å². The van der Waals surface area contributed by atoms with Crippen LogP contribution in [0.3, 0.4) is 0 Å². The standard InChI is InChI=1S/C18H18Cl2N2S/c1-11(21)10-13-12-6-3-4-9-16(12)22(2)18(13)23-17-14(19)7-5-8-15(17)20/h3-9,11H,10,21H2,1-2H3. The Morgan fingerprint density at radius 1 is 1.09 bits per heavy atom. The maximum atomic E-state index is 6.35. The van der Waals surface area contributed by atoms with Crippen LogP contribution in [0.2, 0.25) is 10.0 Å². The molecule has 1 aromatic heterocycles. The van der Waals surface area contributed by atoms with Crippen molar-refractivity contribution in [2.45, 2.75) is 29.3 Å². The van der Waals surface area contributed by atoms with Gasteiger partial charge in [-0.1, -0.05) is 59.2 Å². The molecule has 2 N–H and O–H groups in total. The van der Waals surface area contributed by atoms with Crippen molar-refractivity contribution in [2.24, 2.45) is 12.8 Å². The summed E-state index contributed by atoms with van der Waals surface area (Å²) >= 11 is 14.3. The Morgan fingerprint density at radius 2 is 1.74 bits per heavy atom. The van der Waals surface area contributed by atoms with Gasteiger partial charge in [0.1, 0.15) is 0 Å². The summed E-state index contributed by atoms with van der Waals surface area (Å²) in [5.41, 5.74) is 8.51. The predicted molar refractivity (Wildman–Crippen MR) is 101 cm³/mol. The molecule has 120 valence electrons. The molecule has 0 radical (unpaired) electrons. The number of fused-ring (bicyclic) bond motifs is 1. The molecule has 1 unspecified atom stereocenters. The minimum absolute atomic E-state index is 0.0851. The highest BCUT2D eigenvalue weighted by Gasteiger charge is 2.19. The highest BCUT2D eigenvalue weighted by atomic mass is 35.5. The van der Waals surface area contributed by atoms with Crippen LogP contribution in [-0.2, 0) is 13.5 Å². The lowest BCUT2D eigenvalue weighted by atomic mass is 10.1. The van der Waals surface area contributed by atoms with Gasteiger partial charge in [-0.25, -0.2) is 0 Å². The summed E-state index contributed by atoms with van der Waals surface area (Å²) in [7, 11) is 2.07. The first-order valence-electron chi connectivity index (χ1n) is 7.42. The van der Waals surface area contributed by atoms with Crippen molar-refractivity contribution in [3.05, 3.63) is 58.1 Å². The second-order valence-electron chi connectivity index (χ2n) is 5.69. The number of nitrogens with zero attached hydrogens (tertiary/aromatic N) is 1. The molecule has 3 rings (SSSR count). The van der Waals surface area contributed by atoms with Crippen LogP contribution in [0.15, 0.2) is 52.4 Å². The van der Waals surface area contributed by atoms with Crippen LogP contribution < -0.4 is 5.73 Å². The Balaban J connectivity index is 2.18. The SMILES string of the molecule is CC(N)Cc1c(Sc2c(Cl)cccc2Cl)n(C)c2ccccc12. The summed E-state index contributed by atoms with van der Waals surface area (Å²) in [6.07, 6.45) is 0.811. The number of aryl methyl sites for hydroxylation is 1. The highest BCUT2D eigenvalue weighted by molar-refractivity contribution is 7.99. The first-order valence-corrected chi connectivity index (χ1v) is 9.00. The molecule has 3 aromatic rings. The third-order valence-electron chi connectivity index (χ3n) is 3.80. The molecule has 0 fully saturated rings. The van der Waals surface area contributed by atoms with Gasteiger partial charge in [0.05, 0.1) is 20.0 Å². The number of hydrogen-bond donors (Lipinski definition) is 1. The fourth-order valence-corrected chi connectivity index (χ4v) is 4.48. The summed E-state index contributed by atoms with van der Waals surface area (Å²) in [4.78, 5) is 0.882. The largest absolute Gasteiger partial charge is 0.338 e. The number of para-hydroxylation sites is 1. The minimum atomic E-state index is 0.0851. The van der Waals surface area contributed by atoms with Gasteiger partial charge in [0.15, 0.2) is 0 Å². The third-order valence-corrected chi connectivity index (χ3v) is 6.01. The van der Waals surface area contributed by atoms with E-state index >= 15 is 0 Å². The third kappa shape index (κ3) is 3.24. The van der Waals surface area contributed by atoms with Gasteiger partial charge in [-0.3, -0.25) is 0 Å². The Hall–Kier alpha value is -1.13. The number of nitrogens with two attached hydrogens (primary N) is 1. The first-order chi connectivity index (χ1) is 11.0. The summed E-state index contributed by atoms with van der Waals surface area (Å²) in [5.74, 6) is 0. The highest BCUT2D eigenvalue weighted by Crippen LogP contribution is 2.42. The van der Waals surface area contributed by atoms with E-state index in [-0.39, 0.29) is 6.04 Å². The number of benzene rings is 2. The van der Waals surface area contributed by atoms with E-state index in [9.17, 15) is 0 Å². The van der Waals surface area contributed by atoms with E-state index in [4.69, 9.17) is 28.9 Å². The van der Waals surface area contributed by atoms with Gasteiger partial charge in [-0.15, -0.1) is 0 Å². The molecule has 23 heavy (non-hydrogen) atoms. The maximum Gasteiger partial charge on any atom is 0.0839 e. The van der Waals surface area contributed by atoms with Gasteiger partial charge in [-0.2, -0.15) is 0 Å². The molecule has 0 saturated heterocycles. The predicted octanol–water partition coefficient (Wildman–Crippen LogP) is 5.53. The summed E-state index contributed by atoms with van der Waals surface area (Å²) in [6.45, 7) is 2.03. The zero-order valence-electron chi connectivity index (χ0n) is 13.0. The van der Waals surface area contributed by atoms with E-state index in [0.29, 0.717) is 10.0 Å². The number of aromatic nitrogens is 1. The van der Waals surface area contributed by atoms with Crippen LogP contribution in [-0.4, -0.2) is 10.6 Å². The lowest BCUT2D eigenvalue weighted by molar-refractivity contribution is 0.718. The van der Waals surface area contributed by atoms with Crippen LogP contribution in [0.5, 0.6) is 0 Å². The molecule has 0 saturated carbocycles. The number of hydrogen-bond acceptors (Lipinski definition) is 2. The number of rotatable bonds is 4. The van der Waals surface area contributed by atoms with Gasteiger partial charge in [-0.05, 0) is 37.1 Å². The lowest BCUT2D eigenvalue weighted by Gasteiger charge is -2.11. The lowest BCUT2D eigenvalue weighted by Crippen LogP contribution is -2.18. The van der Waals surface area contributed by atoms with Crippen molar-refractivity contribution in [3.8, 4) is 0 Å². The van der Waals surface area contributed by atoms with Gasteiger partial charge in [0.25, 0.3) is 0 Å². The molecule has 0 aliphatic heterocycles. The average Bonchev–Trinajstić information content (AvgIpc) is 2.76. The Bertz CT molecular complexity index is 835. The second kappa shape index (κ2) is 6.78. The maximum absolute atomic E-state index is 6.35. The van der Waals surface area contributed by atoms with Crippen molar-refractivity contribution >= 4 is 45.9 Å². The first kappa shape index (κ1) is 16.7. The van der Waals surface area contributed by atoms with Gasteiger partial charge in [0.2, 0.25) is 0 Å². The van der Waals surface area contributed by atoms with E-state index < -0.39 is 0 Å². The smallest absolute Gasteiger partial charge is 0.0839 e. The topological polar surface area (TPSA) is 30.9 Å². The van der Waals surface area contributed by atoms with Crippen molar-refractivity contribution in [2.75, 3.05) is 0 Å². The fraction of sp³-hybridized carbons (Fsp3) is 0.222. The van der Waals surface area contributed by atoms with Crippen molar-refractivity contribution < 1.29 is 0 Å². The van der Waals surface area contributed by atoms with Crippen LogP contribution in [0.1, 0.15) is 12.5 Å². The molecule has 2 aromatic carbocycles. The summed E-state index contributed by atoms with van der Waals surface area (Å²) in [6, 6.07) is 14.1. The molecular weight excluding hydrogens is 347 g/mol. The quantitative estimate of drug-likeness (QED) is 0.659. The van der Waals surface area contributed by atoms with Crippen molar-refractivity contribution in [1.29, 1.82) is 0 Å². The summed E-state index contributed by atoms with van der Waals surface area (Å²) < 4.78 is 2.19. The van der Waals surface area contributed by atoms with Crippen molar-refractivity contribution in [3.63, 3.8) is 0 Å². The molecule has 1 heterocycles. The number of halogens is 2. The molecule has 0 aliphatic carbocycles. The summed E-state index contributed by atoms with van der Waals surface area (Å²) in [5, 5.41) is 3.70. The van der Waals surface area contributed by atoms with E-state index in [0.717, 1.165) is 16.3 Å². The van der Waals surface area contributed by atoms with E-state index in [2.05, 4.69) is 35.9 Å². The molecule has 0 aliphatic rings. The normalized spacial score (nSPS) is 12.7. The molecule has 0 bridgehead atoms. The molecule has 2 nitrogen and oxygen atoms in total. The van der Waals surface area contributed by atoms with E-state index in [1.54, 1.807) is 11.8 Å². The Morgan fingerprint density at radius 3 is 2.39 bits per heavy atom. The van der Waals surface area contributed by atoms with Crippen LogP contribution in [0.4, 0.5) is 0 Å². The Labute approximate surface area is 150 Å². The fourth-order valence-electron chi connectivity index (χ4n) is 2.77. The Kier molecular flexibility index (Phi) is 4.93. The minimum Gasteiger partial charge on any atom is -0.338 e. The van der Waals surface area contributed by atoms with Crippen LogP contribution in [0, 0.1) is 0 Å². The molecule has 5 heteroatoms. The molecule has 1 atom stereocenters. The van der Waals surface area contributed by atoms with Crippen LogP contribution in [0.25, 0.3) is 10.9 Å². The molecular formula is C18H18Cl2N2S. The van der Waals surface area contributed by atoms with Gasteiger partial charge >= 0.3 is 0 Å². The van der Waals surface area contributed by atoms with Crippen molar-refractivity contribution in [1.82, 2.24) is 4.57 Å². The van der Waals surface area contributed by atoms with E-state index in [1.165, 1.54) is 16.5 Å². The zero-order chi connectivity index (χ0) is 16.6. The van der Waals surface area contributed by atoms with Crippen LogP contribution >= 0.6 is 35.0 Å².